The summed E-state index contributed by atoms with van der Waals surface area (Å²) in [5.74, 6) is 2.18. The summed E-state index contributed by atoms with van der Waals surface area (Å²) in [7, 11) is 1.56. The molecule has 0 spiro atoms. The van der Waals surface area contributed by atoms with Gasteiger partial charge in [0.1, 0.15) is 19.0 Å². The lowest BCUT2D eigenvalue weighted by Crippen LogP contribution is -2.50. The third-order valence-electron chi connectivity index (χ3n) is 6.10. The molecule has 3 heterocycles. The van der Waals surface area contributed by atoms with Crippen LogP contribution in [0.3, 0.4) is 0 Å². The summed E-state index contributed by atoms with van der Waals surface area (Å²) in [6, 6.07) is 10.7. The number of carbonyl (C=O) groups excluding carboxylic acids is 1. The van der Waals surface area contributed by atoms with E-state index in [0.717, 1.165) is 0 Å². The number of para-hydroxylation sites is 1. The second kappa shape index (κ2) is 9.09. The standard InChI is InChI=1S/C25H26N4O5/c1-3-8-29-24(31)18-15-21-22(34-14-13-33-21)16-19(18)26-25(29)28-11-9-27(10-12-28)23(30)17-6-4-5-7-20(17)32-2/h3-7,15-16H,1,8-14H2,2H3. The normalized spacial score (nSPS) is 15.3. The van der Waals surface area contributed by atoms with Crippen LogP contribution in [-0.4, -0.2) is 66.9 Å². The zero-order valence-corrected chi connectivity index (χ0v) is 19.0. The first-order valence-corrected chi connectivity index (χ1v) is 11.2. The second-order valence-corrected chi connectivity index (χ2v) is 8.11. The summed E-state index contributed by atoms with van der Waals surface area (Å²) in [5.41, 5.74) is 0.930. The molecule has 1 saturated heterocycles. The van der Waals surface area contributed by atoms with Crippen molar-refractivity contribution >= 4 is 22.8 Å². The van der Waals surface area contributed by atoms with Gasteiger partial charge in [0.05, 0.1) is 23.6 Å². The molecule has 34 heavy (non-hydrogen) atoms. The van der Waals surface area contributed by atoms with Gasteiger partial charge in [-0.15, -0.1) is 6.58 Å². The first-order chi connectivity index (χ1) is 16.6. The van der Waals surface area contributed by atoms with Crippen LogP contribution in [0.1, 0.15) is 10.4 Å². The fourth-order valence-corrected chi connectivity index (χ4v) is 4.38. The fraction of sp³-hybridized carbons (Fsp3) is 0.320. The molecule has 1 amide bonds. The van der Waals surface area contributed by atoms with E-state index in [1.165, 1.54) is 0 Å². The number of benzene rings is 2. The lowest BCUT2D eigenvalue weighted by Gasteiger charge is -2.36. The summed E-state index contributed by atoms with van der Waals surface area (Å²) in [6.07, 6.45) is 1.68. The summed E-state index contributed by atoms with van der Waals surface area (Å²) in [5, 5.41) is 0.472. The largest absolute Gasteiger partial charge is 0.496 e. The number of ether oxygens (including phenoxy) is 3. The van der Waals surface area contributed by atoms with Crippen molar-refractivity contribution in [1.29, 1.82) is 0 Å². The molecule has 2 aliphatic heterocycles. The van der Waals surface area contributed by atoms with Crippen LogP contribution in [0.5, 0.6) is 17.2 Å². The van der Waals surface area contributed by atoms with Crippen molar-refractivity contribution in [3.63, 3.8) is 0 Å². The van der Waals surface area contributed by atoms with E-state index in [-0.39, 0.29) is 11.5 Å². The molecule has 9 heteroatoms. The summed E-state index contributed by atoms with van der Waals surface area (Å²) < 4.78 is 18.3. The maximum absolute atomic E-state index is 13.4. The average molecular weight is 463 g/mol. The van der Waals surface area contributed by atoms with Crippen LogP contribution in [0.4, 0.5) is 5.95 Å². The first-order valence-electron chi connectivity index (χ1n) is 11.2. The predicted octanol–water partition coefficient (Wildman–Crippen LogP) is 2.32. The number of piperazine rings is 1. The molecule has 0 atom stereocenters. The highest BCUT2D eigenvalue weighted by molar-refractivity contribution is 5.97. The summed E-state index contributed by atoms with van der Waals surface area (Å²) in [4.78, 5) is 35.1. The van der Waals surface area contributed by atoms with E-state index >= 15 is 0 Å². The van der Waals surface area contributed by atoms with Crippen molar-refractivity contribution in [2.24, 2.45) is 0 Å². The topological polar surface area (TPSA) is 86.1 Å². The molecular formula is C25H26N4O5. The Morgan fingerprint density at radius 1 is 1.12 bits per heavy atom. The molecule has 2 aliphatic rings. The maximum Gasteiger partial charge on any atom is 0.263 e. The molecule has 1 fully saturated rings. The maximum atomic E-state index is 13.4. The van der Waals surface area contributed by atoms with Crippen LogP contribution in [0.15, 0.2) is 53.8 Å². The molecule has 0 aliphatic carbocycles. The van der Waals surface area contributed by atoms with Gasteiger partial charge < -0.3 is 24.0 Å². The predicted molar refractivity (Wildman–Crippen MR) is 128 cm³/mol. The SMILES string of the molecule is C=CCn1c(N2CCN(C(=O)c3ccccc3OC)CC2)nc2cc3c(cc2c1=O)OCCO3. The molecular weight excluding hydrogens is 436 g/mol. The van der Waals surface area contributed by atoms with Crippen LogP contribution in [0, 0.1) is 0 Å². The van der Waals surface area contributed by atoms with Crippen molar-refractivity contribution in [3.05, 3.63) is 65.0 Å². The Balaban J connectivity index is 1.44. The highest BCUT2D eigenvalue weighted by Gasteiger charge is 2.27. The summed E-state index contributed by atoms with van der Waals surface area (Å²) in [6.45, 7) is 7.12. The van der Waals surface area contributed by atoms with E-state index in [1.54, 1.807) is 46.9 Å². The van der Waals surface area contributed by atoms with Crippen molar-refractivity contribution in [2.75, 3.05) is 51.4 Å². The van der Waals surface area contributed by atoms with Gasteiger partial charge in [-0.2, -0.15) is 0 Å². The Kier molecular flexibility index (Phi) is 5.83. The van der Waals surface area contributed by atoms with E-state index in [1.807, 2.05) is 17.0 Å². The van der Waals surface area contributed by atoms with Crippen LogP contribution >= 0.6 is 0 Å². The van der Waals surface area contributed by atoms with E-state index in [9.17, 15) is 9.59 Å². The number of fused-ring (bicyclic) bond motifs is 2. The number of aromatic nitrogens is 2. The number of methoxy groups -OCH3 is 1. The van der Waals surface area contributed by atoms with Gasteiger partial charge in [-0.3, -0.25) is 14.2 Å². The molecule has 0 saturated carbocycles. The van der Waals surface area contributed by atoms with E-state index in [2.05, 4.69) is 6.58 Å². The molecule has 9 nitrogen and oxygen atoms in total. The molecule has 176 valence electrons. The number of hydrogen-bond acceptors (Lipinski definition) is 7. The van der Waals surface area contributed by atoms with Gasteiger partial charge in [-0.1, -0.05) is 18.2 Å². The lowest BCUT2D eigenvalue weighted by molar-refractivity contribution is 0.0742. The number of allylic oxidation sites excluding steroid dienone is 1. The number of rotatable bonds is 5. The van der Waals surface area contributed by atoms with Gasteiger partial charge in [-0.05, 0) is 18.2 Å². The average Bonchev–Trinajstić information content (AvgIpc) is 2.89. The molecule has 1 aromatic heterocycles. The Labute approximate surface area is 196 Å². The van der Waals surface area contributed by atoms with Crippen LogP contribution in [0.2, 0.25) is 0 Å². The lowest BCUT2D eigenvalue weighted by atomic mass is 10.1. The Hall–Kier alpha value is -4.01. The Morgan fingerprint density at radius 2 is 1.82 bits per heavy atom. The number of anilines is 1. The zero-order valence-electron chi connectivity index (χ0n) is 19.0. The molecule has 5 rings (SSSR count). The van der Waals surface area contributed by atoms with Crippen LogP contribution < -0.4 is 24.7 Å². The zero-order chi connectivity index (χ0) is 23.7. The van der Waals surface area contributed by atoms with Gasteiger partial charge >= 0.3 is 0 Å². The van der Waals surface area contributed by atoms with Crippen molar-refractivity contribution in [1.82, 2.24) is 14.5 Å². The minimum Gasteiger partial charge on any atom is -0.496 e. The summed E-state index contributed by atoms with van der Waals surface area (Å²) >= 11 is 0. The molecule has 0 bridgehead atoms. The monoisotopic (exact) mass is 462 g/mol. The molecule has 3 aromatic rings. The quantitative estimate of drug-likeness (QED) is 0.538. The highest BCUT2D eigenvalue weighted by Crippen LogP contribution is 2.33. The van der Waals surface area contributed by atoms with E-state index in [0.29, 0.717) is 85.6 Å². The van der Waals surface area contributed by atoms with Crippen LogP contribution in [0.25, 0.3) is 10.9 Å². The van der Waals surface area contributed by atoms with Gasteiger partial charge in [-0.25, -0.2) is 4.98 Å². The number of amides is 1. The van der Waals surface area contributed by atoms with Gasteiger partial charge in [0.25, 0.3) is 11.5 Å². The van der Waals surface area contributed by atoms with Crippen molar-refractivity contribution < 1.29 is 19.0 Å². The second-order valence-electron chi connectivity index (χ2n) is 8.11. The molecule has 0 radical (unpaired) electrons. The number of hydrogen-bond donors (Lipinski definition) is 0. The van der Waals surface area contributed by atoms with Crippen molar-refractivity contribution in [2.45, 2.75) is 6.54 Å². The molecule has 0 N–H and O–H groups in total. The fourth-order valence-electron chi connectivity index (χ4n) is 4.38. The smallest absolute Gasteiger partial charge is 0.263 e. The Morgan fingerprint density at radius 3 is 2.53 bits per heavy atom. The minimum atomic E-state index is -0.163. The molecule has 2 aromatic carbocycles. The minimum absolute atomic E-state index is 0.0733. The van der Waals surface area contributed by atoms with E-state index < -0.39 is 0 Å². The van der Waals surface area contributed by atoms with Crippen LogP contribution in [-0.2, 0) is 6.54 Å². The first kappa shape index (κ1) is 21.8. The highest BCUT2D eigenvalue weighted by atomic mass is 16.6. The van der Waals surface area contributed by atoms with Crippen molar-refractivity contribution in [3.8, 4) is 17.2 Å². The third-order valence-corrected chi connectivity index (χ3v) is 6.10. The number of carbonyl (C=O) groups is 1. The Bertz CT molecular complexity index is 1310. The van der Waals surface area contributed by atoms with Gasteiger partial charge in [0, 0.05) is 38.8 Å². The van der Waals surface area contributed by atoms with E-state index in [4.69, 9.17) is 19.2 Å². The number of nitrogens with zero attached hydrogens (tertiary/aromatic N) is 4. The van der Waals surface area contributed by atoms with Gasteiger partial charge in [0.2, 0.25) is 5.95 Å². The molecule has 0 unspecified atom stereocenters. The van der Waals surface area contributed by atoms with Gasteiger partial charge in [0.15, 0.2) is 11.5 Å². The third kappa shape index (κ3) is 3.83.